The summed E-state index contributed by atoms with van der Waals surface area (Å²) in [6.45, 7) is 3.34. The Hall–Kier alpha value is -3.07. The van der Waals surface area contributed by atoms with Crippen molar-refractivity contribution in [2.75, 3.05) is 24.2 Å². The first-order valence-electron chi connectivity index (χ1n) is 11.9. The van der Waals surface area contributed by atoms with E-state index in [1.54, 1.807) is 50.4 Å². The third-order valence-electron chi connectivity index (χ3n) is 6.38. The molecule has 2 amide bonds. The van der Waals surface area contributed by atoms with Crippen molar-refractivity contribution in [1.82, 2.24) is 10.2 Å². The number of benzene rings is 2. The standard InChI is InChI=1S/C26H35N3O5S/c1-19-9-13-23(14-10-19)29(35(4,32)33)18-25(30)28(17-21-11-15-24(34-3)16-12-21)20(2)26(31)27-22-7-5-6-8-22/h9-16,20,22H,5-8,17-18H2,1-4H3,(H,27,31). The minimum atomic E-state index is -3.74. The fourth-order valence-corrected chi connectivity index (χ4v) is 5.08. The Labute approximate surface area is 208 Å². The second kappa shape index (κ2) is 11.6. The van der Waals surface area contributed by atoms with E-state index in [4.69, 9.17) is 4.74 Å². The Morgan fingerprint density at radius 2 is 1.66 bits per heavy atom. The Morgan fingerprint density at radius 1 is 1.06 bits per heavy atom. The van der Waals surface area contributed by atoms with Gasteiger partial charge in [-0.25, -0.2) is 8.42 Å². The molecule has 1 saturated carbocycles. The second-order valence-electron chi connectivity index (χ2n) is 9.14. The van der Waals surface area contributed by atoms with Gasteiger partial charge in [0, 0.05) is 12.6 Å². The molecule has 2 aromatic carbocycles. The summed E-state index contributed by atoms with van der Waals surface area (Å²) in [6, 6.07) is 13.5. The summed E-state index contributed by atoms with van der Waals surface area (Å²) in [5, 5.41) is 3.05. The zero-order valence-electron chi connectivity index (χ0n) is 20.9. The van der Waals surface area contributed by atoms with Crippen molar-refractivity contribution in [3.8, 4) is 5.75 Å². The molecule has 1 aliphatic carbocycles. The van der Waals surface area contributed by atoms with Crippen molar-refractivity contribution >= 4 is 27.5 Å². The predicted molar refractivity (Wildman–Crippen MR) is 137 cm³/mol. The predicted octanol–water partition coefficient (Wildman–Crippen LogP) is 3.25. The van der Waals surface area contributed by atoms with Gasteiger partial charge < -0.3 is 15.0 Å². The Bertz CT molecular complexity index is 1110. The van der Waals surface area contributed by atoms with Gasteiger partial charge >= 0.3 is 0 Å². The van der Waals surface area contributed by atoms with Crippen molar-refractivity contribution in [2.24, 2.45) is 0 Å². The molecule has 190 valence electrons. The average Bonchev–Trinajstić information content (AvgIpc) is 3.34. The lowest BCUT2D eigenvalue weighted by Gasteiger charge is -2.32. The quantitative estimate of drug-likeness (QED) is 0.539. The van der Waals surface area contributed by atoms with E-state index in [-0.39, 0.29) is 18.5 Å². The number of anilines is 1. The van der Waals surface area contributed by atoms with Crippen LogP contribution in [0.1, 0.15) is 43.7 Å². The normalized spacial score (nSPS) is 14.9. The van der Waals surface area contributed by atoms with E-state index >= 15 is 0 Å². The number of hydrogen-bond donors (Lipinski definition) is 1. The molecule has 1 fully saturated rings. The monoisotopic (exact) mass is 501 g/mol. The van der Waals surface area contributed by atoms with Crippen LogP contribution >= 0.6 is 0 Å². The first-order valence-corrected chi connectivity index (χ1v) is 13.7. The average molecular weight is 502 g/mol. The molecular formula is C26H35N3O5S. The maximum Gasteiger partial charge on any atom is 0.244 e. The van der Waals surface area contributed by atoms with Crippen LogP contribution in [0, 0.1) is 6.92 Å². The van der Waals surface area contributed by atoms with Crippen LogP contribution in [0.5, 0.6) is 5.75 Å². The smallest absolute Gasteiger partial charge is 0.244 e. The molecule has 0 spiro atoms. The maximum absolute atomic E-state index is 13.6. The van der Waals surface area contributed by atoms with E-state index in [0.29, 0.717) is 11.4 Å². The highest BCUT2D eigenvalue weighted by Crippen LogP contribution is 2.21. The van der Waals surface area contributed by atoms with Gasteiger partial charge in [-0.05, 0) is 56.5 Å². The van der Waals surface area contributed by atoms with Crippen molar-refractivity contribution in [3.05, 3.63) is 59.7 Å². The van der Waals surface area contributed by atoms with Crippen molar-refractivity contribution in [2.45, 2.75) is 58.2 Å². The van der Waals surface area contributed by atoms with E-state index in [1.807, 2.05) is 19.1 Å². The highest BCUT2D eigenvalue weighted by atomic mass is 32.2. The molecule has 8 nitrogen and oxygen atoms in total. The lowest BCUT2D eigenvalue weighted by atomic mass is 10.1. The van der Waals surface area contributed by atoms with Crippen LogP contribution in [0.25, 0.3) is 0 Å². The fraction of sp³-hybridized carbons (Fsp3) is 0.462. The number of nitrogens with one attached hydrogen (secondary N) is 1. The van der Waals surface area contributed by atoms with Crippen LogP contribution in [0.15, 0.2) is 48.5 Å². The van der Waals surface area contributed by atoms with Crippen LogP contribution in [-0.2, 0) is 26.2 Å². The van der Waals surface area contributed by atoms with Gasteiger partial charge in [-0.1, -0.05) is 42.7 Å². The summed E-state index contributed by atoms with van der Waals surface area (Å²) in [6.07, 6.45) is 5.09. The number of aryl methyl sites for hydroxylation is 1. The summed E-state index contributed by atoms with van der Waals surface area (Å²) in [5.41, 5.74) is 2.19. The van der Waals surface area contributed by atoms with Gasteiger partial charge in [-0.2, -0.15) is 0 Å². The number of amides is 2. The molecule has 9 heteroatoms. The van der Waals surface area contributed by atoms with Crippen LogP contribution in [0.3, 0.4) is 0 Å². The molecule has 1 unspecified atom stereocenters. The van der Waals surface area contributed by atoms with Gasteiger partial charge in [0.05, 0.1) is 19.1 Å². The van der Waals surface area contributed by atoms with Crippen LogP contribution in [-0.4, -0.2) is 57.1 Å². The molecule has 35 heavy (non-hydrogen) atoms. The molecule has 3 rings (SSSR count). The highest BCUT2D eigenvalue weighted by Gasteiger charge is 2.31. The van der Waals surface area contributed by atoms with Crippen LogP contribution < -0.4 is 14.4 Å². The topological polar surface area (TPSA) is 96.0 Å². The summed E-state index contributed by atoms with van der Waals surface area (Å²) in [5.74, 6) is -0.0119. The summed E-state index contributed by atoms with van der Waals surface area (Å²) >= 11 is 0. The first kappa shape index (κ1) is 26.5. The van der Waals surface area contributed by atoms with Gasteiger partial charge in [0.2, 0.25) is 21.8 Å². The van der Waals surface area contributed by atoms with E-state index in [2.05, 4.69) is 5.32 Å². The fourth-order valence-electron chi connectivity index (χ4n) is 4.23. The zero-order chi connectivity index (χ0) is 25.6. The molecule has 1 atom stereocenters. The van der Waals surface area contributed by atoms with Gasteiger partial charge in [0.1, 0.15) is 18.3 Å². The number of ether oxygens (including phenoxy) is 1. The van der Waals surface area contributed by atoms with E-state index in [0.717, 1.165) is 47.4 Å². The number of rotatable bonds is 10. The van der Waals surface area contributed by atoms with Crippen LogP contribution in [0.2, 0.25) is 0 Å². The lowest BCUT2D eigenvalue weighted by molar-refractivity contribution is -0.139. The molecule has 0 radical (unpaired) electrons. The van der Waals surface area contributed by atoms with Crippen molar-refractivity contribution in [3.63, 3.8) is 0 Å². The van der Waals surface area contributed by atoms with Gasteiger partial charge in [-0.3, -0.25) is 13.9 Å². The molecule has 0 aliphatic heterocycles. The minimum Gasteiger partial charge on any atom is -0.497 e. The van der Waals surface area contributed by atoms with Gasteiger partial charge in [-0.15, -0.1) is 0 Å². The Morgan fingerprint density at radius 3 is 2.20 bits per heavy atom. The molecule has 1 N–H and O–H groups in total. The SMILES string of the molecule is COc1ccc(CN(C(=O)CN(c2ccc(C)cc2)S(C)(=O)=O)C(C)C(=O)NC2CCCC2)cc1. The maximum atomic E-state index is 13.6. The van der Waals surface area contributed by atoms with Crippen LogP contribution in [0.4, 0.5) is 5.69 Å². The second-order valence-corrected chi connectivity index (χ2v) is 11.0. The molecule has 0 aromatic heterocycles. The Kier molecular flexibility index (Phi) is 8.77. The summed E-state index contributed by atoms with van der Waals surface area (Å²) in [4.78, 5) is 28.1. The number of sulfonamides is 1. The third kappa shape index (κ3) is 7.21. The molecule has 0 bridgehead atoms. The van der Waals surface area contributed by atoms with Crippen molar-refractivity contribution in [1.29, 1.82) is 0 Å². The molecular weight excluding hydrogens is 466 g/mol. The molecule has 0 heterocycles. The number of hydrogen-bond acceptors (Lipinski definition) is 5. The molecule has 0 saturated heterocycles. The number of carbonyl (C=O) groups excluding carboxylic acids is 2. The molecule has 1 aliphatic rings. The lowest BCUT2D eigenvalue weighted by Crippen LogP contribution is -2.52. The molecule has 2 aromatic rings. The van der Waals surface area contributed by atoms with E-state index in [1.165, 1.54) is 4.90 Å². The van der Waals surface area contributed by atoms with Gasteiger partial charge in [0.15, 0.2) is 0 Å². The minimum absolute atomic E-state index is 0.114. The van der Waals surface area contributed by atoms with Gasteiger partial charge in [0.25, 0.3) is 0 Å². The number of methoxy groups -OCH3 is 1. The third-order valence-corrected chi connectivity index (χ3v) is 7.52. The largest absolute Gasteiger partial charge is 0.497 e. The summed E-state index contributed by atoms with van der Waals surface area (Å²) < 4.78 is 31.5. The summed E-state index contributed by atoms with van der Waals surface area (Å²) in [7, 11) is -2.16. The zero-order valence-corrected chi connectivity index (χ0v) is 21.7. The highest BCUT2D eigenvalue weighted by molar-refractivity contribution is 7.92. The van der Waals surface area contributed by atoms with E-state index < -0.39 is 28.5 Å². The number of carbonyl (C=O) groups is 2. The van der Waals surface area contributed by atoms with E-state index in [9.17, 15) is 18.0 Å². The first-order chi connectivity index (χ1) is 16.6. The Balaban J connectivity index is 1.86. The van der Waals surface area contributed by atoms with Crippen molar-refractivity contribution < 1.29 is 22.7 Å². The number of nitrogens with zero attached hydrogens (tertiary/aromatic N) is 2.